The monoisotopic (exact) mass is 382 g/mol. The van der Waals surface area contributed by atoms with Crippen molar-refractivity contribution in [2.75, 3.05) is 19.8 Å². The maximum absolute atomic E-state index is 11.2. The van der Waals surface area contributed by atoms with Crippen LogP contribution in [-0.4, -0.2) is 37.0 Å². The number of hydrogen-bond acceptors (Lipinski definition) is 4. The lowest BCUT2D eigenvalue weighted by atomic mass is 10.1. The van der Waals surface area contributed by atoms with Crippen molar-refractivity contribution in [3.63, 3.8) is 0 Å². The van der Waals surface area contributed by atoms with Crippen molar-refractivity contribution in [3.05, 3.63) is 24.3 Å². The van der Waals surface area contributed by atoms with E-state index in [0.29, 0.717) is 13.0 Å². The van der Waals surface area contributed by atoms with Gasteiger partial charge < -0.3 is 14.6 Å². The first-order valence-corrected chi connectivity index (χ1v) is 10.9. The Kier molecular flexibility index (Phi) is 20.3. The number of unbranched alkanes of at least 4 members (excludes halogenated alkanes) is 8. The number of aliphatic hydroxyl groups excluding tert-OH is 1. The molecule has 0 aromatic heterocycles. The second kappa shape index (κ2) is 21.2. The van der Waals surface area contributed by atoms with E-state index in [9.17, 15) is 4.79 Å². The largest absolute Gasteiger partial charge is 0.457 e. The Bertz CT molecular complexity index is 377. The summed E-state index contributed by atoms with van der Waals surface area (Å²) in [7, 11) is 0. The van der Waals surface area contributed by atoms with Gasteiger partial charge in [0.25, 0.3) is 0 Å². The molecule has 0 heterocycles. The first-order chi connectivity index (χ1) is 13.2. The van der Waals surface area contributed by atoms with Gasteiger partial charge in [0.2, 0.25) is 0 Å². The molecule has 0 saturated carbocycles. The molecule has 4 nitrogen and oxygen atoms in total. The van der Waals surface area contributed by atoms with Crippen molar-refractivity contribution in [2.45, 2.75) is 97.0 Å². The van der Waals surface area contributed by atoms with Crippen molar-refractivity contribution in [1.29, 1.82) is 0 Å². The zero-order chi connectivity index (χ0) is 20.0. The molecule has 27 heavy (non-hydrogen) atoms. The summed E-state index contributed by atoms with van der Waals surface area (Å²) in [5, 5.41) is 9.14. The smallest absolute Gasteiger partial charge is 0.305 e. The molecule has 1 unspecified atom stereocenters. The molecule has 158 valence electrons. The van der Waals surface area contributed by atoms with Crippen molar-refractivity contribution >= 4 is 5.97 Å². The van der Waals surface area contributed by atoms with E-state index >= 15 is 0 Å². The van der Waals surface area contributed by atoms with Gasteiger partial charge in [-0.15, -0.1) is 0 Å². The third-order valence-corrected chi connectivity index (χ3v) is 4.33. The van der Waals surface area contributed by atoms with Gasteiger partial charge in [-0.2, -0.15) is 0 Å². The third-order valence-electron chi connectivity index (χ3n) is 4.33. The van der Waals surface area contributed by atoms with E-state index in [4.69, 9.17) is 14.6 Å². The molecule has 0 saturated heterocycles. The third kappa shape index (κ3) is 19.4. The van der Waals surface area contributed by atoms with Crippen LogP contribution in [0.2, 0.25) is 0 Å². The van der Waals surface area contributed by atoms with Gasteiger partial charge in [-0.3, -0.25) is 4.79 Å². The van der Waals surface area contributed by atoms with Crippen LogP contribution in [0.15, 0.2) is 24.3 Å². The van der Waals surface area contributed by atoms with E-state index in [1.165, 1.54) is 51.4 Å². The maximum Gasteiger partial charge on any atom is 0.305 e. The van der Waals surface area contributed by atoms with Gasteiger partial charge in [0.15, 0.2) is 0 Å². The van der Waals surface area contributed by atoms with Gasteiger partial charge in [-0.1, -0.05) is 76.7 Å². The quantitative estimate of drug-likeness (QED) is 0.176. The van der Waals surface area contributed by atoms with Crippen molar-refractivity contribution in [3.8, 4) is 0 Å². The lowest BCUT2D eigenvalue weighted by molar-refractivity contribution is -0.154. The van der Waals surface area contributed by atoms with E-state index in [2.05, 4.69) is 31.2 Å². The van der Waals surface area contributed by atoms with Gasteiger partial charge in [0.05, 0.1) is 13.2 Å². The number of allylic oxidation sites excluding steroid dienone is 4. The molecule has 1 atom stereocenters. The van der Waals surface area contributed by atoms with Gasteiger partial charge in [-0.25, -0.2) is 0 Å². The average molecular weight is 383 g/mol. The Labute approximate surface area is 167 Å². The van der Waals surface area contributed by atoms with Gasteiger partial charge in [-0.05, 0) is 32.1 Å². The van der Waals surface area contributed by atoms with Crippen molar-refractivity contribution < 1.29 is 19.4 Å². The zero-order valence-corrected chi connectivity index (χ0v) is 17.7. The van der Waals surface area contributed by atoms with E-state index < -0.39 is 6.10 Å². The fraction of sp³-hybridized carbons (Fsp3) is 0.783. The molecule has 0 aliphatic heterocycles. The number of aliphatic hydroxyl groups is 1. The van der Waals surface area contributed by atoms with Crippen LogP contribution in [0.4, 0.5) is 0 Å². The molecule has 0 bridgehead atoms. The van der Waals surface area contributed by atoms with E-state index in [1.54, 1.807) is 6.92 Å². The minimum Gasteiger partial charge on any atom is -0.457 e. The molecule has 0 amide bonds. The summed E-state index contributed by atoms with van der Waals surface area (Å²) >= 11 is 0. The second-order valence-corrected chi connectivity index (χ2v) is 6.95. The van der Waals surface area contributed by atoms with Crippen LogP contribution in [0.1, 0.15) is 90.9 Å². The van der Waals surface area contributed by atoms with Crippen molar-refractivity contribution in [2.24, 2.45) is 0 Å². The zero-order valence-electron chi connectivity index (χ0n) is 17.7. The molecule has 0 fully saturated rings. The lowest BCUT2D eigenvalue weighted by Crippen LogP contribution is -2.27. The summed E-state index contributed by atoms with van der Waals surface area (Å²) in [6.45, 7) is 4.72. The predicted molar refractivity (Wildman–Crippen MR) is 113 cm³/mol. The Balaban J connectivity index is 3.33. The number of ether oxygens (including phenoxy) is 2. The molecule has 0 spiro atoms. The minimum atomic E-state index is -0.530. The summed E-state index contributed by atoms with van der Waals surface area (Å²) in [6, 6.07) is 0. The van der Waals surface area contributed by atoms with Crippen LogP contribution in [-0.2, 0) is 14.3 Å². The van der Waals surface area contributed by atoms with E-state index in [-0.39, 0.29) is 19.2 Å². The number of carbonyl (C=O) groups excluding carboxylic acids is 1. The molecular weight excluding hydrogens is 340 g/mol. The Morgan fingerprint density at radius 2 is 1.52 bits per heavy atom. The molecule has 0 aliphatic carbocycles. The molecule has 0 radical (unpaired) electrons. The second-order valence-electron chi connectivity index (χ2n) is 6.95. The van der Waals surface area contributed by atoms with Crippen LogP contribution in [0.3, 0.4) is 0 Å². The highest BCUT2D eigenvalue weighted by Crippen LogP contribution is 2.08. The normalized spacial score (nSPS) is 12.9. The Morgan fingerprint density at radius 3 is 2.15 bits per heavy atom. The fourth-order valence-corrected chi connectivity index (χ4v) is 2.61. The summed E-state index contributed by atoms with van der Waals surface area (Å²) in [5.41, 5.74) is 0. The van der Waals surface area contributed by atoms with Crippen LogP contribution in [0.5, 0.6) is 0 Å². The predicted octanol–water partition coefficient (Wildman–Crippen LogP) is 5.74. The highest BCUT2D eigenvalue weighted by atomic mass is 16.6. The summed E-state index contributed by atoms with van der Waals surface area (Å²) < 4.78 is 10.5. The number of carbonyl (C=O) groups is 1. The standard InChI is InChI=1S/C23H42O4/c1-3-5-6-7-8-9-10-11-12-13-14-15-16-17-18-19-26-21-22(20-24)27-23(25)4-2/h7-8,10-11,22,24H,3-6,9,12-21H2,1-2H3/b8-7-,11-10-. The van der Waals surface area contributed by atoms with Crippen LogP contribution >= 0.6 is 0 Å². The summed E-state index contributed by atoms with van der Waals surface area (Å²) in [4.78, 5) is 11.2. The number of hydrogen-bond donors (Lipinski definition) is 1. The molecule has 0 aromatic carbocycles. The summed E-state index contributed by atoms with van der Waals surface area (Å²) in [5.74, 6) is -0.295. The first kappa shape index (κ1) is 25.9. The Hall–Kier alpha value is -1.13. The highest BCUT2D eigenvalue weighted by Gasteiger charge is 2.11. The molecule has 1 N–H and O–H groups in total. The van der Waals surface area contributed by atoms with Crippen LogP contribution in [0, 0.1) is 0 Å². The molecular formula is C23H42O4. The van der Waals surface area contributed by atoms with Crippen LogP contribution < -0.4 is 0 Å². The topological polar surface area (TPSA) is 55.8 Å². The Morgan fingerprint density at radius 1 is 0.889 bits per heavy atom. The molecule has 0 aromatic rings. The summed E-state index contributed by atoms with van der Waals surface area (Å²) in [6.07, 6.45) is 22.2. The SMILES string of the molecule is CCCC/C=C\C/C=C\CCCCCCCCOCC(CO)OC(=O)CC. The maximum atomic E-state index is 11.2. The van der Waals surface area contributed by atoms with E-state index in [0.717, 1.165) is 19.3 Å². The van der Waals surface area contributed by atoms with Gasteiger partial charge in [0.1, 0.15) is 6.10 Å². The number of rotatable bonds is 19. The van der Waals surface area contributed by atoms with E-state index in [1.807, 2.05) is 0 Å². The molecule has 0 aliphatic rings. The average Bonchev–Trinajstić information content (AvgIpc) is 2.69. The fourth-order valence-electron chi connectivity index (χ4n) is 2.61. The van der Waals surface area contributed by atoms with Crippen molar-refractivity contribution in [1.82, 2.24) is 0 Å². The first-order valence-electron chi connectivity index (χ1n) is 10.9. The molecule has 0 rings (SSSR count). The minimum absolute atomic E-state index is 0.185. The number of esters is 1. The van der Waals surface area contributed by atoms with Gasteiger partial charge in [0, 0.05) is 13.0 Å². The lowest BCUT2D eigenvalue weighted by Gasteiger charge is -2.15. The van der Waals surface area contributed by atoms with Crippen LogP contribution in [0.25, 0.3) is 0 Å². The highest BCUT2D eigenvalue weighted by molar-refractivity contribution is 5.69. The van der Waals surface area contributed by atoms with Gasteiger partial charge >= 0.3 is 5.97 Å². The molecule has 4 heteroatoms.